The van der Waals surface area contributed by atoms with Gasteiger partial charge in [0.05, 0.1) is 13.5 Å². The predicted octanol–water partition coefficient (Wildman–Crippen LogP) is 3.05. The summed E-state index contributed by atoms with van der Waals surface area (Å²) >= 11 is 0. The van der Waals surface area contributed by atoms with E-state index in [-0.39, 0.29) is 32.7 Å². The first kappa shape index (κ1) is 29.8. The van der Waals surface area contributed by atoms with Gasteiger partial charge in [-0.2, -0.15) is 0 Å². The van der Waals surface area contributed by atoms with Crippen LogP contribution < -0.4 is 10.6 Å². The fraction of sp³-hybridized carbons (Fsp3) is 0.345. The average Bonchev–Trinajstić information content (AvgIpc) is 2.86. The summed E-state index contributed by atoms with van der Waals surface area (Å²) in [6.45, 7) is 5.46. The molecule has 0 aliphatic carbocycles. The third kappa shape index (κ3) is 12.0. The molecule has 0 aliphatic heterocycles. The fourth-order valence-corrected chi connectivity index (χ4v) is 3.12. The van der Waals surface area contributed by atoms with E-state index < -0.39 is 23.8 Å². The first-order valence-corrected chi connectivity index (χ1v) is 11.8. The van der Waals surface area contributed by atoms with Gasteiger partial charge in [-0.05, 0) is 55.7 Å². The van der Waals surface area contributed by atoms with Crippen LogP contribution >= 0.6 is 0 Å². The molecule has 0 atom stereocenters. The third-order valence-electron chi connectivity index (χ3n) is 4.65. The number of benzene rings is 2. The maximum absolute atomic E-state index is 12.1. The van der Waals surface area contributed by atoms with E-state index in [1.54, 1.807) is 39.0 Å². The van der Waals surface area contributed by atoms with Crippen LogP contribution in [0.4, 0.5) is 9.59 Å². The van der Waals surface area contributed by atoms with E-state index in [4.69, 9.17) is 19.3 Å². The molecular weight excluding hydrogens is 488 g/mol. The molecule has 0 radical (unpaired) electrons. The summed E-state index contributed by atoms with van der Waals surface area (Å²) in [6.07, 6.45) is -1.09. The number of rotatable bonds is 7. The van der Waals surface area contributed by atoms with Gasteiger partial charge in [-0.15, -0.1) is 0 Å². The molecule has 3 N–H and O–H groups in total. The molecule has 200 valence electrons. The topological polar surface area (TPSA) is 123 Å². The van der Waals surface area contributed by atoms with Crippen LogP contribution in [0.2, 0.25) is 0 Å². The van der Waals surface area contributed by atoms with Crippen molar-refractivity contribution in [3.63, 3.8) is 0 Å². The molecule has 0 fully saturated rings. The summed E-state index contributed by atoms with van der Waals surface area (Å²) in [7, 11) is 1.31. The first-order chi connectivity index (χ1) is 18.1. The Labute approximate surface area is 222 Å². The molecule has 0 aliphatic rings. The lowest BCUT2D eigenvalue weighted by Gasteiger charge is -2.19. The van der Waals surface area contributed by atoms with E-state index in [1.807, 2.05) is 24.3 Å². The highest BCUT2D eigenvalue weighted by atomic mass is 16.6. The Hall–Kier alpha value is -4.47. The van der Waals surface area contributed by atoms with Crippen LogP contribution in [0.3, 0.4) is 0 Å². The maximum atomic E-state index is 12.1. The van der Waals surface area contributed by atoms with Crippen LogP contribution in [0.1, 0.15) is 48.6 Å². The van der Waals surface area contributed by atoms with Gasteiger partial charge in [0.15, 0.2) is 6.61 Å². The Kier molecular flexibility index (Phi) is 11.7. The Morgan fingerprint density at radius 1 is 0.868 bits per heavy atom. The van der Waals surface area contributed by atoms with Crippen LogP contribution in [0, 0.1) is 23.7 Å². The van der Waals surface area contributed by atoms with Crippen LogP contribution in [0.15, 0.2) is 42.5 Å². The molecule has 0 aromatic heterocycles. The van der Waals surface area contributed by atoms with Crippen molar-refractivity contribution in [3.05, 3.63) is 70.3 Å². The molecule has 0 spiro atoms. The average molecular weight is 521 g/mol. The molecule has 0 heterocycles. The summed E-state index contributed by atoms with van der Waals surface area (Å²) in [6, 6.07) is 12.5. The molecule has 0 saturated carbocycles. The SMILES string of the molecule is COC(=O)Cc1cc(C#CCO)cc(C#CCOC(=O)NCc2cccc(CNC(=O)OC(C)(C)C)c2)c1. The van der Waals surface area contributed by atoms with Crippen molar-refractivity contribution in [1.29, 1.82) is 0 Å². The summed E-state index contributed by atoms with van der Waals surface area (Å²) in [5, 5.41) is 14.3. The van der Waals surface area contributed by atoms with Gasteiger partial charge < -0.3 is 30.0 Å². The van der Waals surface area contributed by atoms with Gasteiger partial charge in [0.2, 0.25) is 0 Å². The summed E-state index contributed by atoms with van der Waals surface area (Å²) in [4.78, 5) is 35.5. The summed E-state index contributed by atoms with van der Waals surface area (Å²) in [5.41, 5.74) is 2.93. The molecule has 2 aromatic carbocycles. The third-order valence-corrected chi connectivity index (χ3v) is 4.65. The number of ether oxygens (including phenoxy) is 3. The molecule has 38 heavy (non-hydrogen) atoms. The molecule has 0 bridgehead atoms. The highest BCUT2D eigenvalue weighted by molar-refractivity contribution is 5.73. The molecule has 2 amide bonds. The number of carbonyl (C=O) groups excluding carboxylic acids is 3. The van der Waals surface area contributed by atoms with Gasteiger partial charge >= 0.3 is 18.2 Å². The van der Waals surface area contributed by atoms with Gasteiger partial charge in [-0.25, -0.2) is 9.59 Å². The van der Waals surface area contributed by atoms with Crippen molar-refractivity contribution in [2.24, 2.45) is 0 Å². The van der Waals surface area contributed by atoms with Crippen LogP contribution in [0.5, 0.6) is 0 Å². The van der Waals surface area contributed by atoms with Gasteiger partial charge in [0.25, 0.3) is 0 Å². The Bertz CT molecular complexity index is 1260. The quantitative estimate of drug-likeness (QED) is 0.291. The highest BCUT2D eigenvalue weighted by Crippen LogP contribution is 2.11. The Morgan fingerprint density at radius 3 is 2.05 bits per heavy atom. The number of aliphatic hydroxyl groups is 1. The minimum Gasteiger partial charge on any atom is -0.469 e. The smallest absolute Gasteiger partial charge is 0.408 e. The molecule has 2 rings (SSSR count). The van der Waals surface area contributed by atoms with E-state index in [1.165, 1.54) is 7.11 Å². The van der Waals surface area contributed by atoms with E-state index in [0.29, 0.717) is 16.7 Å². The van der Waals surface area contributed by atoms with Crippen molar-refractivity contribution in [2.75, 3.05) is 20.3 Å². The number of hydrogen-bond acceptors (Lipinski definition) is 7. The van der Waals surface area contributed by atoms with Crippen molar-refractivity contribution in [2.45, 2.75) is 45.9 Å². The zero-order chi connectivity index (χ0) is 28.0. The summed E-state index contributed by atoms with van der Waals surface area (Å²) in [5.74, 6) is 10.6. The number of nitrogens with one attached hydrogen (secondary N) is 2. The molecule has 2 aromatic rings. The highest BCUT2D eigenvalue weighted by Gasteiger charge is 2.15. The Morgan fingerprint density at radius 2 is 1.47 bits per heavy atom. The standard InChI is InChI=1S/C29H32N2O7/c1-29(2,3)38-28(35)31-20-24-9-5-8-23(17-24)19-30-27(34)37-13-7-11-22-14-21(10-6-12-32)15-25(16-22)18-26(33)36-4/h5,8-9,14-17,32H,12-13,18-20H2,1-4H3,(H,30,34)(H,31,35). The second-order valence-corrected chi connectivity index (χ2v) is 9.04. The zero-order valence-electron chi connectivity index (χ0n) is 22.0. The van der Waals surface area contributed by atoms with Crippen LogP contribution in [-0.2, 0) is 38.5 Å². The van der Waals surface area contributed by atoms with Gasteiger partial charge in [0.1, 0.15) is 12.2 Å². The summed E-state index contributed by atoms with van der Waals surface area (Å²) < 4.78 is 15.0. The van der Waals surface area contributed by atoms with Crippen LogP contribution in [0.25, 0.3) is 0 Å². The fourth-order valence-electron chi connectivity index (χ4n) is 3.12. The molecule has 0 saturated heterocycles. The predicted molar refractivity (Wildman–Crippen MR) is 141 cm³/mol. The van der Waals surface area contributed by atoms with E-state index in [2.05, 4.69) is 34.3 Å². The second kappa shape index (κ2) is 14.9. The van der Waals surface area contributed by atoms with Crippen molar-refractivity contribution in [1.82, 2.24) is 10.6 Å². The van der Waals surface area contributed by atoms with E-state index in [9.17, 15) is 14.4 Å². The lowest BCUT2D eigenvalue weighted by Crippen LogP contribution is -2.32. The normalized spacial score (nSPS) is 10.1. The zero-order valence-corrected chi connectivity index (χ0v) is 22.0. The number of methoxy groups -OCH3 is 1. The van der Waals surface area contributed by atoms with Gasteiger partial charge in [-0.1, -0.05) is 47.9 Å². The second-order valence-electron chi connectivity index (χ2n) is 9.04. The molecule has 9 heteroatoms. The molecular formula is C29H32N2O7. The van der Waals surface area contributed by atoms with Gasteiger partial charge in [-0.3, -0.25) is 4.79 Å². The molecule has 0 unspecified atom stereocenters. The monoisotopic (exact) mass is 520 g/mol. The Balaban J connectivity index is 1.88. The van der Waals surface area contributed by atoms with Crippen molar-refractivity contribution in [3.8, 4) is 23.7 Å². The van der Waals surface area contributed by atoms with Gasteiger partial charge in [0, 0.05) is 24.2 Å². The largest absolute Gasteiger partial charge is 0.469 e. The number of carbonyl (C=O) groups is 3. The van der Waals surface area contributed by atoms with Crippen LogP contribution in [-0.4, -0.2) is 49.2 Å². The number of aliphatic hydroxyl groups excluding tert-OH is 1. The number of amides is 2. The van der Waals surface area contributed by atoms with E-state index in [0.717, 1.165) is 11.1 Å². The maximum Gasteiger partial charge on any atom is 0.408 e. The first-order valence-electron chi connectivity index (χ1n) is 11.8. The minimum absolute atomic E-state index is 0.0526. The molecule has 9 nitrogen and oxygen atoms in total. The van der Waals surface area contributed by atoms with Crippen molar-refractivity contribution < 1.29 is 33.7 Å². The lowest BCUT2D eigenvalue weighted by molar-refractivity contribution is -0.139. The van der Waals surface area contributed by atoms with E-state index >= 15 is 0 Å². The minimum atomic E-state index is -0.634. The number of esters is 1. The number of hydrogen-bond donors (Lipinski definition) is 3. The lowest BCUT2D eigenvalue weighted by atomic mass is 10.0. The van der Waals surface area contributed by atoms with Crippen molar-refractivity contribution >= 4 is 18.2 Å². The number of alkyl carbamates (subject to hydrolysis) is 2.